The molecule has 0 spiro atoms. The third-order valence-corrected chi connectivity index (χ3v) is 3.29. The van der Waals surface area contributed by atoms with Crippen LogP contribution in [0.1, 0.15) is 23.4 Å². The molecule has 2 N–H and O–H groups in total. The number of hydrogen-bond donors (Lipinski definition) is 2. The first-order valence-corrected chi connectivity index (χ1v) is 5.88. The molecule has 0 aliphatic heterocycles. The zero-order chi connectivity index (χ0) is 11.4. The molecule has 0 saturated carbocycles. The van der Waals surface area contributed by atoms with Crippen molar-refractivity contribution in [1.82, 2.24) is 9.97 Å². The summed E-state index contributed by atoms with van der Waals surface area (Å²) >= 11 is 1.61. The van der Waals surface area contributed by atoms with E-state index in [0.717, 1.165) is 16.1 Å². The van der Waals surface area contributed by atoms with Crippen LogP contribution >= 0.6 is 11.3 Å². The fourth-order valence-corrected chi connectivity index (χ4v) is 2.06. The van der Waals surface area contributed by atoms with Crippen molar-refractivity contribution >= 4 is 17.0 Å². The molecule has 0 amide bonds. The highest BCUT2D eigenvalue weighted by Gasteiger charge is 2.09. The minimum atomic E-state index is 0.0142. The van der Waals surface area contributed by atoms with Gasteiger partial charge in [0.25, 0.3) is 0 Å². The van der Waals surface area contributed by atoms with Gasteiger partial charge in [0.05, 0.1) is 30.0 Å². The average molecular weight is 235 g/mol. The van der Waals surface area contributed by atoms with Gasteiger partial charge in [0, 0.05) is 22.8 Å². The number of nitrogens with one attached hydrogen (secondary N) is 1. The van der Waals surface area contributed by atoms with Gasteiger partial charge in [-0.25, -0.2) is 0 Å². The average Bonchev–Trinajstić information content (AvgIpc) is 2.83. The van der Waals surface area contributed by atoms with Gasteiger partial charge in [-0.1, -0.05) is 0 Å². The molecule has 0 aromatic carbocycles. The molecule has 2 heterocycles. The van der Waals surface area contributed by atoms with E-state index in [2.05, 4.69) is 22.2 Å². The molecule has 0 fully saturated rings. The Bertz CT molecular complexity index is 444. The van der Waals surface area contributed by atoms with Crippen LogP contribution in [0.2, 0.25) is 0 Å². The zero-order valence-electron chi connectivity index (χ0n) is 8.92. The van der Waals surface area contributed by atoms with Crippen LogP contribution in [0.5, 0.6) is 0 Å². The van der Waals surface area contributed by atoms with Gasteiger partial charge in [-0.3, -0.25) is 9.97 Å². The predicted octanol–water partition coefficient (Wildman–Crippen LogP) is 2.20. The Morgan fingerprint density at radius 3 is 3.00 bits per heavy atom. The maximum Gasteiger partial charge on any atom is 0.0795 e. The highest BCUT2D eigenvalue weighted by Crippen LogP contribution is 2.23. The third kappa shape index (κ3) is 2.37. The predicted molar refractivity (Wildman–Crippen MR) is 64.3 cm³/mol. The van der Waals surface area contributed by atoms with E-state index in [1.807, 2.05) is 17.8 Å². The van der Waals surface area contributed by atoms with Crippen LogP contribution < -0.4 is 5.32 Å². The van der Waals surface area contributed by atoms with Crippen molar-refractivity contribution in [3.05, 3.63) is 40.6 Å². The summed E-state index contributed by atoms with van der Waals surface area (Å²) < 4.78 is 0. The number of hydrogen-bond acceptors (Lipinski definition) is 5. The van der Waals surface area contributed by atoms with Gasteiger partial charge >= 0.3 is 0 Å². The van der Waals surface area contributed by atoms with Crippen molar-refractivity contribution in [2.75, 3.05) is 5.32 Å². The second kappa shape index (κ2) is 5.05. The first kappa shape index (κ1) is 11.0. The SMILES string of the molecule is CC(Nc1cnccc1CO)c1cncs1. The van der Waals surface area contributed by atoms with E-state index < -0.39 is 0 Å². The summed E-state index contributed by atoms with van der Waals surface area (Å²) in [6, 6.07) is 1.98. The molecule has 4 nitrogen and oxygen atoms in total. The third-order valence-electron chi connectivity index (χ3n) is 2.33. The smallest absolute Gasteiger partial charge is 0.0795 e. The summed E-state index contributed by atoms with van der Waals surface area (Å²) in [5.74, 6) is 0. The number of pyridine rings is 1. The molecule has 1 unspecified atom stereocenters. The van der Waals surface area contributed by atoms with Crippen molar-refractivity contribution in [2.45, 2.75) is 19.6 Å². The summed E-state index contributed by atoms with van der Waals surface area (Å²) in [5.41, 5.74) is 3.53. The standard InChI is InChI=1S/C11H13N3OS/c1-8(11-5-13-7-16-11)14-10-4-12-3-2-9(10)6-15/h2-5,7-8,14-15H,6H2,1H3. The highest BCUT2D eigenvalue weighted by atomic mass is 32.1. The molecule has 0 radical (unpaired) electrons. The van der Waals surface area contributed by atoms with Crippen molar-refractivity contribution < 1.29 is 5.11 Å². The van der Waals surface area contributed by atoms with Crippen LogP contribution in [0.3, 0.4) is 0 Å². The van der Waals surface area contributed by atoms with Crippen molar-refractivity contribution in [2.24, 2.45) is 0 Å². The van der Waals surface area contributed by atoms with Crippen LogP contribution in [0.25, 0.3) is 0 Å². The molecule has 16 heavy (non-hydrogen) atoms. The van der Waals surface area contributed by atoms with E-state index in [-0.39, 0.29) is 12.6 Å². The molecule has 2 aromatic rings. The molecule has 0 aliphatic rings. The molecule has 1 atom stereocenters. The monoisotopic (exact) mass is 235 g/mol. The van der Waals surface area contributed by atoms with Crippen LogP contribution in [0.15, 0.2) is 30.2 Å². The van der Waals surface area contributed by atoms with E-state index in [0.29, 0.717) is 0 Å². The molecule has 2 rings (SSSR count). The van der Waals surface area contributed by atoms with Crippen molar-refractivity contribution in [1.29, 1.82) is 0 Å². The molecular weight excluding hydrogens is 222 g/mol. The van der Waals surface area contributed by atoms with Crippen LogP contribution in [0, 0.1) is 0 Å². The molecular formula is C11H13N3OS. The van der Waals surface area contributed by atoms with E-state index >= 15 is 0 Å². The molecule has 84 valence electrons. The number of anilines is 1. The van der Waals surface area contributed by atoms with Gasteiger partial charge in [0.15, 0.2) is 0 Å². The number of aromatic nitrogens is 2. The van der Waals surface area contributed by atoms with Gasteiger partial charge < -0.3 is 10.4 Å². The number of nitrogens with zero attached hydrogens (tertiary/aromatic N) is 2. The van der Waals surface area contributed by atoms with Gasteiger partial charge in [-0.05, 0) is 13.0 Å². The lowest BCUT2D eigenvalue weighted by molar-refractivity contribution is 0.282. The molecule has 2 aromatic heterocycles. The number of aliphatic hydroxyl groups excluding tert-OH is 1. The van der Waals surface area contributed by atoms with Gasteiger partial charge in [-0.15, -0.1) is 11.3 Å². The minimum Gasteiger partial charge on any atom is -0.392 e. The molecule has 0 bridgehead atoms. The molecule has 5 heteroatoms. The maximum absolute atomic E-state index is 9.18. The van der Waals surface area contributed by atoms with Gasteiger partial charge in [0.1, 0.15) is 0 Å². The van der Waals surface area contributed by atoms with Crippen molar-refractivity contribution in [3.8, 4) is 0 Å². The molecule has 0 saturated heterocycles. The Balaban J connectivity index is 2.14. The fraction of sp³-hybridized carbons (Fsp3) is 0.273. The Hall–Kier alpha value is -1.46. The first-order valence-electron chi connectivity index (χ1n) is 5.00. The Morgan fingerprint density at radius 2 is 2.31 bits per heavy atom. The summed E-state index contributed by atoms with van der Waals surface area (Å²) in [6.45, 7) is 2.07. The van der Waals surface area contributed by atoms with E-state index in [9.17, 15) is 5.11 Å². The first-order chi connectivity index (χ1) is 7.81. The van der Waals surface area contributed by atoms with Crippen molar-refractivity contribution in [3.63, 3.8) is 0 Å². The maximum atomic E-state index is 9.18. The Morgan fingerprint density at radius 1 is 1.44 bits per heavy atom. The number of aliphatic hydroxyl groups is 1. The van der Waals surface area contributed by atoms with Gasteiger partial charge in [0.2, 0.25) is 0 Å². The highest BCUT2D eigenvalue weighted by molar-refractivity contribution is 7.09. The second-order valence-electron chi connectivity index (χ2n) is 3.46. The summed E-state index contributed by atoms with van der Waals surface area (Å²) in [6.07, 6.45) is 5.24. The van der Waals surface area contributed by atoms with Crippen LogP contribution in [0.4, 0.5) is 5.69 Å². The van der Waals surface area contributed by atoms with Crippen LogP contribution in [-0.2, 0) is 6.61 Å². The second-order valence-corrected chi connectivity index (χ2v) is 4.38. The lowest BCUT2D eigenvalue weighted by Crippen LogP contribution is -2.07. The van der Waals surface area contributed by atoms with Gasteiger partial charge in [-0.2, -0.15) is 0 Å². The Labute approximate surface area is 98.0 Å². The summed E-state index contributed by atoms with van der Waals surface area (Å²) in [4.78, 5) is 9.24. The van der Waals surface area contributed by atoms with E-state index in [1.165, 1.54) is 0 Å². The minimum absolute atomic E-state index is 0.0142. The quantitative estimate of drug-likeness (QED) is 0.853. The van der Waals surface area contributed by atoms with E-state index in [4.69, 9.17) is 0 Å². The number of rotatable bonds is 4. The van der Waals surface area contributed by atoms with E-state index in [1.54, 1.807) is 23.7 Å². The van der Waals surface area contributed by atoms with Crippen LogP contribution in [-0.4, -0.2) is 15.1 Å². The lowest BCUT2D eigenvalue weighted by Gasteiger charge is -2.15. The Kier molecular flexibility index (Phi) is 3.48. The summed E-state index contributed by atoms with van der Waals surface area (Å²) in [5, 5.41) is 12.5. The topological polar surface area (TPSA) is 58.0 Å². The summed E-state index contributed by atoms with van der Waals surface area (Å²) in [7, 11) is 0. The fourth-order valence-electron chi connectivity index (χ4n) is 1.43. The largest absolute Gasteiger partial charge is 0.392 e. The number of thiazole rings is 1. The molecule has 0 aliphatic carbocycles. The zero-order valence-corrected chi connectivity index (χ0v) is 9.74. The normalized spacial score (nSPS) is 12.4. The lowest BCUT2D eigenvalue weighted by atomic mass is 10.2.